The van der Waals surface area contributed by atoms with Gasteiger partial charge >= 0.3 is 12.1 Å². The van der Waals surface area contributed by atoms with Crippen LogP contribution in [-0.4, -0.2) is 38.2 Å². The number of amides is 2. The zero-order valence-corrected chi connectivity index (χ0v) is 21.5. The normalized spacial score (nSPS) is 11.3. The van der Waals surface area contributed by atoms with Crippen molar-refractivity contribution in [1.82, 2.24) is 5.32 Å². The number of alkyl carbamates (subject to hydrolysis) is 1. The fourth-order valence-corrected chi connectivity index (χ4v) is 3.95. The minimum absolute atomic E-state index is 0.0673. The second-order valence-electron chi connectivity index (χ2n) is 7.92. The molecule has 0 aliphatic heterocycles. The van der Waals surface area contributed by atoms with Crippen LogP contribution in [0.5, 0.6) is 0 Å². The van der Waals surface area contributed by atoms with Crippen LogP contribution >= 0.6 is 15.9 Å². The SMILES string of the molecule is COC(=O)C[NH2+][C@@H](c1ccccc1)c1cc(Br)ccc1NC(=O)CCNC(=O)OCc1ccccc1. The average molecular weight is 555 g/mol. The van der Waals surface area contributed by atoms with Crippen LogP contribution in [0.4, 0.5) is 10.5 Å². The van der Waals surface area contributed by atoms with Gasteiger partial charge in [-0.15, -0.1) is 0 Å². The molecule has 0 bridgehead atoms. The van der Waals surface area contributed by atoms with E-state index in [-0.39, 0.29) is 44.0 Å². The van der Waals surface area contributed by atoms with Gasteiger partial charge in [-0.2, -0.15) is 0 Å². The molecule has 0 aliphatic carbocycles. The van der Waals surface area contributed by atoms with E-state index in [1.165, 1.54) is 7.11 Å². The summed E-state index contributed by atoms with van der Waals surface area (Å²) in [6.45, 7) is 0.400. The number of nitrogens with two attached hydrogens (primary N) is 1. The number of benzene rings is 3. The van der Waals surface area contributed by atoms with E-state index in [4.69, 9.17) is 9.47 Å². The first-order valence-corrected chi connectivity index (χ1v) is 12.2. The molecule has 3 rings (SSSR count). The van der Waals surface area contributed by atoms with E-state index in [9.17, 15) is 14.4 Å². The largest absolute Gasteiger partial charge is 0.465 e. The fraction of sp³-hybridized carbons (Fsp3) is 0.222. The van der Waals surface area contributed by atoms with E-state index in [2.05, 4.69) is 26.6 Å². The van der Waals surface area contributed by atoms with Gasteiger partial charge in [0.05, 0.1) is 12.8 Å². The van der Waals surface area contributed by atoms with Gasteiger partial charge in [0, 0.05) is 28.6 Å². The van der Waals surface area contributed by atoms with Crippen LogP contribution in [0.1, 0.15) is 29.2 Å². The summed E-state index contributed by atoms with van der Waals surface area (Å²) in [5.41, 5.74) is 3.29. The quantitative estimate of drug-likeness (QED) is 0.314. The first-order valence-electron chi connectivity index (χ1n) is 11.4. The molecule has 0 fully saturated rings. The third-order valence-electron chi connectivity index (χ3n) is 5.36. The topological polar surface area (TPSA) is 110 Å². The Bertz CT molecular complexity index is 1160. The highest BCUT2D eigenvalue weighted by molar-refractivity contribution is 9.10. The molecule has 0 saturated heterocycles. The Morgan fingerprint density at radius 1 is 0.972 bits per heavy atom. The van der Waals surface area contributed by atoms with E-state index < -0.39 is 6.09 Å². The summed E-state index contributed by atoms with van der Waals surface area (Å²) in [5, 5.41) is 7.39. The van der Waals surface area contributed by atoms with Gasteiger partial charge in [0.1, 0.15) is 12.6 Å². The van der Waals surface area contributed by atoms with Crippen LogP contribution in [0.15, 0.2) is 83.3 Å². The number of hydrogen-bond acceptors (Lipinski definition) is 5. The summed E-state index contributed by atoms with van der Waals surface area (Å²) in [5.74, 6) is -0.608. The molecule has 0 heterocycles. The van der Waals surface area contributed by atoms with E-state index in [0.29, 0.717) is 5.69 Å². The van der Waals surface area contributed by atoms with Crippen molar-refractivity contribution in [2.45, 2.75) is 19.1 Å². The number of methoxy groups -OCH3 is 1. The predicted octanol–water partition coefficient (Wildman–Crippen LogP) is 3.53. The van der Waals surface area contributed by atoms with Crippen molar-refractivity contribution in [2.24, 2.45) is 0 Å². The van der Waals surface area contributed by atoms with Crippen LogP contribution in [0.25, 0.3) is 0 Å². The summed E-state index contributed by atoms with van der Waals surface area (Å²) in [4.78, 5) is 36.4. The van der Waals surface area contributed by atoms with Gasteiger partial charge in [0.25, 0.3) is 0 Å². The first-order chi connectivity index (χ1) is 17.5. The van der Waals surface area contributed by atoms with Crippen molar-refractivity contribution in [3.8, 4) is 0 Å². The Hall–Kier alpha value is -3.69. The average Bonchev–Trinajstić information content (AvgIpc) is 2.90. The second kappa shape index (κ2) is 14.0. The Balaban J connectivity index is 1.62. The molecule has 0 aliphatic rings. The summed E-state index contributed by atoms with van der Waals surface area (Å²) >= 11 is 3.51. The lowest BCUT2D eigenvalue weighted by Gasteiger charge is -2.20. The molecule has 4 N–H and O–H groups in total. The van der Waals surface area contributed by atoms with Crippen molar-refractivity contribution in [1.29, 1.82) is 0 Å². The lowest BCUT2D eigenvalue weighted by atomic mass is 9.97. The van der Waals surface area contributed by atoms with Gasteiger partial charge in [-0.25, -0.2) is 9.59 Å². The van der Waals surface area contributed by atoms with Gasteiger partial charge in [0.2, 0.25) is 5.91 Å². The molecule has 2 amide bonds. The number of esters is 1. The predicted molar refractivity (Wildman–Crippen MR) is 139 cm³/mol. The number of halogens is 1. The fourth-order valence-electron chi connectivity index (χ4n) is 3.57. The highest BCUT2D eigenvalue weighted by Gasteiger charge is 2.23. The lowest BCUT2D eigenvalue weighted by Crippen LogP contribution is -2.87. The van der Waals surface area contributed by atoms with Crippen LogP contribution < -0.4 is 16.0 Å². The summed E-state index contributed by atoms with van der Waals surface area (Å²) in [6.07, 6.45) is -0.518. The third kappa shape index (κ3) is 8.51. The lowest BCUT2D eigenvalue weighted by molar-refractivity contribution is -0.677. The highest BCUT2D eigenvalue weighted by Crippen LogP contribution is 2.29. The molecule has 0 aromatic heterocycles. The molecule has 8 nitrogen and oxygen atoms in total. The standard InChI is InChI=1S/C27H28BrN3O5/c1-35-25(33)17-30-26(20-10-6-3-7-11-20)22-16-21(28)12-13-23(22)31-24(32)14-15-29-27(34)36-18-19-8-4-2-5-9-19/h2-13,16,26,30H,14-15,17-18H2,1H3,(H,29,34)(H,31,32)/p+1/t26-/m0/s1. The Kier molecular flexibility index (Phi) is 10.5. The van der Waals surface area contributed by atoms with Crippen LogP contribution in [-0.2, 0) is 25.7 Å². The zero-order chi connectivity index (χ0) is 25.8. The number of hydrogen-bond donors (Lipinski definition) is 3. The van der Waals surface area contributed by atoms with Crippen molar-refractivity contribution in [2.75, 3.05) is 25.5 Å². The number of carbonyl (C=O) groups excluding carboxylic acids is 3. The van der Waals surface area contributed by atoms with Crippen molar-refractivity contribution in [3.05, 3.63) is 100 Å². The molecule has 9 heteroatoms. The molecule has 0 radical (unpaired) electrons. The van der Waals surface area contributed by atoms with E-state index >= 15 is 0 Å². The minimum Gasteiger partial charge on any atom is -0.465 e. The molecule has 1 atom stereocenters. The Morgan fingerprint density at radius 3 is 2.36 bits per heavy atom. The number of nitrogens with one attached hydrogen (secondary N) is 2. The zero-order valence-electron chi connectivity index (χ0n) is 19.9. The number of rotatable bonds is 11. The van der Waals surface area contributed by atoms with Gasteiger partial charge in [-0.3, -0.25) is 4.79 Å². The van der Waals surface area contributed by atoms with Crippen molar-refractivity contribution in [3.63, 3.8) is 0 Å². The number of quaternary nitrogens is 1. The van der Waals surface area contributed by atoms with Gasteiger partial charge in [-0.05, 0) is 23.8 Å². The van der Waals surface area contributed by atoms with E-state index in [1.807, 2.05) is 78.1 Å². The third-order valence-corrected chi connectivity index (χ3v) is 5.86. The van der Waals surface area contributed by atoms with Crippen LogP contribution in [0.2, 0.25) is 0 Å². The van der Waals surface area contributed by atoms with Gasteiger partial charge in [-0.1, -0.05) is 76.6 Å². The molecule has 3 aromatic carbocycles. The van der Waals surface area contributed by atoms with Crippen LogP contribution in [0.3, 0.4) is 0 Å². The number of ether oxygens (including phenoxy) is 2. The number of anilines is 1. The minimum atomic E-state index is -0.586. The number of carbonyl (C=O) groups is 3. The smallest absolute Gasteiger partial charge is 0.407 e. The van der Waals surface area contributed by atoms with Gasteiger partial charge in [0.15, 0.2) is 6.54 Å². The second-order valence-corrected chi connectivity index (χ2v) is 8.84. The molecule has 36 heavy (non-hydrogen) atoms. The first kappa shape index (κ1) is 26.9. The Morgan fingerprint density at radius 2 is 1.67 bits per heavy atom. The van der Waals surface area contributed by atoms with Gasteiger partial charge < -0.3 is 25.4 Å². The molecule has 0 spiro atoms. The molecule has 0 unspecified atom stereocenters. The molecule has 188 valence electrons. The maximum Gasteiger partial charge on any atom is 0.407 e. The Labute approximate surface area is 218 Å². The molecule has 0 saturated carbocycles. The highest BCUT2D eigenvalue weighted by atomic mass is 79.9. The summed E-state index contributed by atoms with van der Waals surface area (Å²) < 4.78 is 10.8. The molecular weight excluding hydrogens is 526 g/mol. The van der Waals surface area contributed by atoms with Crippen molar-refractivity contribution < 1.29 is 29.2 Å². The van der Waals surface area contributed by atoms with E-state index in [1.54, 1.807) is 6.07 Å². The van der Waals surface area contributed by atoms with Crippen LogP contribution in [0, 0.1) is 0 Å². The molecule has 3 aromatic rings. The maximum absolute atomic E-state index is 12.7. The summed E-state index contributed by atoms with van der Waals surface area (Å²) in [7, 11) is 1.35. The maximum atomic E-state index is 12.7. The summed E-state index contributed by atoms with van der Waals surface area (Å²) in [6, 6.07) is 24.3. The monoisotopic (exact) mass is 554 g/mol. The molecular formula is C27H29BrN3O5+. The van der Waals surface area contributed by atoms with Crippen molar-refractivity contribution >= 4 is 39.6 Å². The van der Waals surface area contributed by atoms with E-state index in [0.717, 1.165) is 21.2 Å².